The Kier molecular flexibility index (Phi) is 7.58. The van der Waals surface area contributed by atoms with Crippen molar-refractivity contribution in [2.75, 3.05) is 17.9 Å². The first-order chi connectivity index (χ1) is 18.2. The van der Waals surface area contributed by atoms with Gasteiger partial charge in [-0.2, -0.15) is 13.2 Å². The minimum absolute atomic E-state index is 0.0195. The van der Waals surface area contributed by atoms with E-state index in [-0.39, 0.29) is 28.8 Å². The number of thioether (sulfide) groups is 1. The van der Waals surface area contributed by atoms with Crippen LogP contribution in [-0.4, -0.2) is 28.0 Å². The van der Waals surface area contributed by atoms with Gasteiger partial charge in [0.25, 0.3) is 5.56 Å². The molecule has 2 heterocycles. The van der Waals surface area contributed by atoms with Crippen molar-refractivity contribution < 1.29 is 27.4 Å². The number of hydrogen-bond donors (Lipinski definition) is 1. The zero-order chi connectivity index (χ0) is 26.9. The molecule has 12 heteroatoms. The molecule has 0 atom stereocenters. The van der Waals surface area contributed by atoms with E-state index in [1.165, 1.54) is 10.1 Å². The van der Waals surface area contributed by atoms with Crippen LogP contribution in [0.15, 0.2) is 51.9 Å². The van der Waals surface area contributed by atoms with Crippen molar-refractivity contribution >= 4 is 45.9 Å². The van der Waals surface area contributed by atoms with Gasteiger partial charge in [-0.15, -0.1) is 0 Å². The fourth-order valence-electron chi connectivity index (χ4n) is 4.40. The molecular weight excluding hydrogens is 543 g/mol. The summed E-state index contributed by atoms with van der Waals surface area (Å²) in [6, 6.07) is 5.95. The predicted molar refractivity (Wildman–Crippen MR) is 139 cm³/mol. The van der Waals surface area contributed by atoms with E-state index in [0.29, 0.717) is 40.5 Å². The third kappa shape index (κ3) is 5.78. The van der Waals surface area contributed by atoms with Gasteiger partial charge in [-0.25, -0.2) is 4.98 Å². The monoisotopic (exact) mass is 565 g/mol. The van der Waals surface area contributed by atoms with Crippen LogP contribution in [0.5, 0.6) is 11.5 Å². The van der Waals surface area contributed by atoms with E-state index in [9.17, 15) is 22.8 Å². The summed E-state index contributed by atoms with van der Waals surface area (Å²) in [5.41, 5.74) is 0.338. The number of ether oxygens (including phenoxy) is 2. The van der Waals surface area contributed by atoms with Gasteiger partial charge in [0.1, 0.15) is 0 Å². The Labute approximate surface area is 225 Å². The van der Waals surface area contributed by atoms with Crippen molar-refractivity contribution in [3.8, 4) is 11.5 Å². The minimum atomic E-state index is -4.58. The largest absolute Gasteiger partial charge is 0.454 e. The molecule has 0 saturated carbocycles. The zero-order valence-corrected chi connectivity index (χ0v) is 21.6. The van der Waals surface area contributed by atoms with E-state index < -0.39 is 17.6 Å². The molecule has 1 N–H and O–H groups in total. The number of rotatable bonds is 7. The molecule has 0 bridgehead atoms. The van der Waals surface area contributed by atoms with Gasteiger partial charge in [-0.1, -0.05) is 35.0 Å². The SMILES string of the molecule is O=C(CSc1nc2cc3c(cc2c(=O)n1CCC1=CCCCC1)OCO3)Nc1cc(C(F)(F)F)ccc1Cl. The number of benzene rings is 2. The van der Waals surface area contributed by atoms with Crippen molar-refractivity contribution in [3.63, 3.8) is 0 Å². The van der Waals surface area contributed by atoms with Crippen molar-refractivity contribution in [1.29, 1.82) is 0 Å². The molecule has 1 amide bonds. The molecule has 1 aliphatic carbocycles. The lowest BCUT2D eigenvalue weighted by atomic mass is 9.97. The summed E-state index contributed by atoms with van der Waals surface area (Å²) >= 11 is 7.03. The van der Waals surface area contributed by atoms with Crippen LogP contribution in [-0.2, 0) is 17.5 Å². The van der Waals surface area contributed by atoms with E-state index in [1.54, 1.807) is 12.1 Å². The summed E-state index contributed by atoms with van der Waals surface area (Å²) in [5, 5.41) is 3.10. The maximum atomic E-state index is 13.5. The lowest BCUT2D eigenvalue weighted by Gasteiger charge is -2.16. The van der Waals surface area contributed by atoms with E-state index in [2.05, 4.69) is 16.4 Å². The van der Waals surface area contributed by atoms with Gasteiger partial charge in [0.2, 0.25) is 12.7 Å². The highest BCUT2D eigenvalue weighted by atomic mass is 35.5. The summed E-state index contributed by atoms with van der Waals surface area (Å²) in [6.45, 7) is 0.430. The maximum Gasteiger partial charge on any atom is 0.416 e. The van der Waals surface area contributed by atoms with Gasteiger partial charge in [0.15, 0.2) is 16.7 Å². The Morgan fingerprint density at radius 3 is 2.68 bits per heavy atom. The number of alkyl halides is 3. The molecule has 0 unspecified atom stereocenters. The number of amides is 1. The number of hydrogen-bond acceptors (Lipinski definition) is 6. The van der Waals surface area contributed by atoms with Gasteiger partial charge < -0.3 is 14.8 Å². The molecule has 2 aliphatic rings. The maximum absolute atomic E-state index is 13.5. The Bertz CT molecular complexity index is 1490. The second-order valence-electron chi connectivity index (χ2n) is 8.96. The zero-order valence-electron chi connectivity index (χ0n) is 20.1. The first-order valence-corrected chi connectivity index (χ1v) is 13.4. The molecule has 0 radical (unpaired) electrons. The van der Waals surface area contributed by atoms with Crippen molar-refractivity contribution in [2.45, 2.75) is 50.0 Å². The standard InChI is InChI=1S/C26H23ClF3N3O4S/c27-18-7-6-16(26(28,29)30)10-20(18)31-23(34)13-38-25-32-19-12-22-21(36-14-37-22)11-17(19)24(35)33(25)9-8-15-4-2-1-3-5-15/h4,6-7,10-12H,1-3,5,8-9,13-14H2,(H,31,34). The third-order valence-electron chi connectivity index (χ3n) is 6.36. The molecule has 3 aromatic rings. The molecule has 1 aromatic heterocycles. The summed E-state index contributed by atoms with van der Waals surface area (Å²) in [6.07, 6.45) is 2.57. The van der Waals surface area contributed by atoms with Crippen LogP contribution in [0.1, 0.15) is 37.7 Å². The van der Waals surface area contributed by atoms with Crippen LogP contribution in [0.25, 0.3) is 10.9 Å². The topological polar surface area (TPSA) is 82.5 Å². The molecule has 38 heavy (non-hydrogen) atoms. The average molecular weight is 566 g/mol. The number of carbonyl (C=O) groups excluding carboxylic acids is 1. The highest BCUT2D eigenvalue weighted by Gasteiger charge is 2.31. The Hall–Kier alpha value is -3.18. The Morgan fingerprint density at radius 2 is 1.95 bits per heavy atom. The average Bonchev–Trinajstić information content (AvgIpc) is 3.35. The smallest absolute Gasteiger partial charge is 0.416 e. The molecule has 1 aliphatic heterocycles. The van der Waals surface area contributed by atoms with Gasteiger partial charge >= 0.3 is 6.18 Å². The highest BCUT2D eigenvalue weighted by molar-refractivity contribution is 7.99. The summed E-state index contributed by atoms with van der Waals surface area (Å²) < 4.78 is 51.6. The molecule has 5 rings (SSSR count). The summed E-state index contributed by atoms with van der Waals surface area (Å²) in [7, 11) is 0. The lowest BCUT2D eigenvalue weighted by molar-refractivity contribution is -0.137. The lowest BCUT2D eigenvalue weighted by Crippen LogP contribution is -2.25. The number of allylic oxidation sites excluding steroid dienone is 2. The second-order valence-corrected chi connectivity index (χ2v) is 10.3. The quantitative estimate of drug-likeness (QED) is 0.202. The van der Waals surface area contributed by atoms with Crippen molar-refractivity contribution in [2.24, 2.45) is 0 Å². The van der Waals surface area contributed by atoms with Crippen LogP contribution in [0, 0.1) is 0 Å². The second kappa shape index (κ2) is 10.9. The van der Waals surface area contributed by atoms with E-state index >= 15 is 0 Å². The fourth-order valence-corrected chi connectivity index (χ4v) is 5.39. The normalized spacial score (nSPS) is 15.0. The van der Waals surface area contributed by atoms with Crippen LogP contribution in [0.2, 0.25) is 5.02 Å². The summed E-state index contributed by atoms with van der Waals surface area (Å²) in [4.78, 5) is 30.8. The summed E-state index contributed by atoms with van der Waals surface area (Å²) in [5.74, 6) is 0.161. The Morgan fingerprint density at radius 1 is 1.16 bits per heavy atom. The number of nitrogens with one attached hydrogen (secondary N) is 1. The first kappa shape index (κ1) is 26.4. The van der Waals surface area contributed by atoms with Crippen LogP contribution >= 0.6 is 23.4 Å². The van der Waals surface area contributed by atoms with Gasteiger partial charge in [0.05, 0.1) is 32.9 Å². The number of aromatic nitrogens is 2. The molecule has 200 valence electrons. The van der Waals surface area contributed by atoms with Crippen LogP contribution < -0.4 is 20.3 Å². The number of nitrogens with zero attached hydrogens (tertiary/aromatic N) is 2. The third-order valence-corrected chi connectivity index (χ3v) is 7.66. The van der Waals surface area contributed by atoms with Crippen LogP contribution in [0.3, 0.4) is 0 Å². The molecule has 0 saturated heterocycles. The van der Waals surface area contributed by atoms with Gasteiger partial charge in [0, 0.05) is 12.6 Å². The fraction of sp³-hybridized carbons (Fsp3) is 0.346. The minimum Gasteiger partial charge on any atom is -0.454 e. The number of halogens is 4. The highest BCUT2D eigenvalue weighted by Crippen LogP contribution is 2.36. The molecule has 7 nitrogen and oxygen atoms in total. The number of anilines is 1. The Balaban J connectivity index is 1.40. The van der Waals surface area contributed by atoms with E-state index in [1.807, 2.05) is 0 Å². The van der Waals surface area contributed by atoms with Gasteiger partial charge in [-0.3, -0.25) is 14.2 Å². The van der Waals surface area contributed by atoms with Crippen molar-refractivity contribution in [3.05, 3.63) is 62.9 Å². The molecule has 0 fully saturated rings. The predicted octanol–water partition coefficient (Wildman–Crippen LogP) is 6.42. The molecule has 2 aromatic carbocycles. The van der Waals surface area contributed by atoms with E-state index in [4.69, 9.17) is 21.1 Å². The molecular formula is C26H23ClF3N3O4S. The first-order valence-electron chi connectivity index (χ1n) is 12.0. The van der Waals surface area contributed by atoms with E-state index in [0.717, 1.165) is 55.6 Å². The number of carbonyl (C=O) groups is 1. The van der Waals surface area contributed by atoms with Gasteiger partial charge in [-0.05, 0) is 56.4 Å². The number of fused-ring (bicyclic) bond motifs is 2. The molecule has 0 spiro atoms. The van der Waals surface area contributed by atoms with Crippen LogP contribution in [0.4, 0.5) is 18.9 Å². The van der Waals surface area contributed by atoms with Crippen molar-refractivity contribution in [1.82, 2.24) is 9.55 Å².